The number of hydrogen-bond donors (Lipinski definition) is 1. The molecular weight excluding hydrogens is 444 g/mol. The molecule has 0 fully saturated rings. The number of furan rings is 1. The van der Waals surface area contributed by atoms with Crippen molar-refractivity contribution in [1.82, 2.24) is 19.9 Å². The second kappa shape index (κ2) is 8.61. The van der Waals surface area contributed by atoms with E-state index < -0.39 is 6.04 Å². The molecule has 160 valence electrons. The second-order valence-corrected chi connectivity index (χ2v) is 8.77. The summed E-state index contributed by atoms with van der Waals surface area (Å²) in [6.45, 7) is 0. The van der Waals surface area contributed by atoms with E-state index in [0.29, 0.717) is 17.0 Å². The highest BCUT2D eigenvalue weighted by molar-refractivity contribution is 7.13. The van der Waals surface area contributed by atoms with Gasteiger partial charge >= 0.3 is 0 Å². The highest BCUT2D eigenvalue weighted by Crippen LogP contribution is 2.28. The van der Waals surface area contributed by atoms with Crippen molar-refractivity contribution in [3.05, 3.63) is 94.7 Å². The number of hydrogen-bond acceptors (Lipinski definition) is 5. The molecule has 1 aromatic carbocycles. The highest BCUT2D eigenvalue weighted by atomic mass is 35.5. The fourth-order valence-electron chi connectivity index (χ4n) is 3.69. The van der Waals surface area contributed by atoms with Crippen LogP contribution >= 0.6 is 22.9 Å². The first-order valence-corrected chi connectivity index (χ1v) is 11.3. The highest BCUT2D eigenvalue weighted by Gasteiger charge is 2.24. The number of rotatable bonds is 6. The number of nitrogens with zero attached hydrogens (tertiary/aromatic N) is 3. The van der Waals surface area contributed by atoms with E-state index in [2.05, 4.69) is 21.4 Å². The number of carbonyl (C=O) groups excluding carboxylic acids is 1. The number of nitrogens with one attached hydrogen (secondary N) is 1. The molecule has 5 aromatic rings. The van der Waals surface area contributed by atoms with Crippen LogP contribution in [0.5, 0.6) is 0 Å². The third-order valence-corrected chi connectivity index (χ3v) is 6.38. The van der Waals surface area contributed by atoms with Crippen molar-refractivity contribution in [3.63, 3.8) is 0 Å². The van der Waals surface area contributed by atoms with E-state index in [1.807, 2.05) is 47.5 Å². The summed E-state index contributed by atoms with van der Waals surface area (Å²) in [5.41, 5.74) is 2.46. The van der Waals surface area contributed by atoms with Crippen molar-refractivity contribution in [2.75, 3.05) is 0 Å². The molecule has 1 N–H and O–H groups in total. The van der Waals surface area contributed by atoms with Crippen LogP contribution in [0.4, 0.5) is 0 Å². The molecule has 0 aliphatic heterocycles. The minimum atomic E-state index is -0.395. The lowest BCUT2D eigenvalue weighted by Crippen LogP contribution is -2.31. The Hall–Kier alpha value is -3.42. The van der Waals surface area contributed by atoms with Gasteiger partial charge in [-0.3, -0.25) is 9.78 Å². The van der Waals surface area contributed by atoms with Crippen LogP contribution in [0.1, 0.15) is 28.1 Å². The first-order chi connectivity index (χ1) is 15.6. The van der Waals surface area contributed by atoms with Crippen molar-refractivity contribution >= 4 is 39.8 Å². The molecule has 1 atom stereocenters. The van der Waals surface area contributed by atoms with Gasteiger partial charge in [0.25, 0.3) is 5.91 Å². The Morgan fingerprint density at radius 3 is 2.88 bits per heavy atom. The molecule has 0 bridgehead atoms. The molecule has 32 heavy (non-hydrogen) atoms. The zero-order chi connectivity index (χ0) is 22.1. The van der Waals surface area contributed by atoms with Crippen molar-refractivity contribution in [1.29, 1.82) is 0 Å². The molecule has 0 saturated heterocycles. The molecule has 0 spiro atoms. The molecule has 6 nitrogen and oxygen atoms in total. The summed E-state index contributed by atoms with van der Waals surface area (Å²) in [4.78, 5) is 23.3. The van der Waals surface area contributed by atoms with Gasteiger partial charge < -0.3 is 14.3 Å². The SMILES string of the molecule is Cn1c(-c2cccs2)cnc1C(Cc1ccccn1)NC(=O)c1cc2cc(Cl)ccc2o1. The molecule has 5 rings (SSSR count). The number of halogens is 1. The zero-order valence-electron chi connectivity index (χ0n) is 17.2. The molecule has 0 aliphatic rings. The largest absolute Gasteiger partial charge is 0.451 e. The molecule has 4 heterocycles. The van der Waals surface area contributed by atoms with Crippen LogP contribution in [0.15, 0.2) is 76.8 Å². The van der Waals surface area contributed by atoms with Gasteiger partial charge in [0, 0.05) is 35.8 Å². The first-order valence-electron chi connectivity index (χ1n) is 10.0. The Morgan fingerprint density at radius 2 is 2.09 bits per heavy atom. The standard InChI is InChI=1S/C24H19ClN4O2S/c1-29-19(22-6-4-10-32-22)14-27-23(29)18(13-17-5-2-3-9-26-17)28-24(30)21-12-15-11-16(25)7-8-20(15)31-21/h2-12,14,18H,13H2,1H3,(H,28,30). The van der Waals surface area contributed by atoms with Gasteiger partial charge in [-0.1, -0.05) is 23.7 Å². The fourth-order valence-corrected chi connectivity index (χ4v) is 4.64. The van der Waals surface area contributed by atoms with Gasteiger partial charge in [-0.25, -0.2) is 4.98 Å². The average molecular weight is 463 g/mol. The first kappa shape index (κ1) is 20.5. The zero-order valence-corrected chi connectivity index (χ0v) is 18.7. The molecular formula is C24H19ClN4O2S. The van der Waals surface area contributed by atoms with Crippen LogP contribution in [0, 0.1) is 0 Å². The summed E-state index contributed by atoms with van der Waals surface area (Å²) in [6, 6.07) is 16.4. The smallest absolute Gasteiger partial charge is 0.287 e. The summed E-state index contributed by atoms with van der Waals surface area (Å²) in [6.07, 6.45) is 4.07. The van der Waals surface area contributed by atoms with Crippen molar-refractivity contribution in [2.24, 2.45) is 7.05 Å². The van der Waals surface area contributed by atoms with Crippen LogP contribution in [0.2, 0.25) is 5.02 Å². The van der Waals surface area contributed by atoms with Crippen molar-refractivity contribution in [3.8, 4) is 10.6 Å². The summed E-state index contributed by atoms with van der Waals surface area (Å²) in [5.74, 6) is 0.645. The third-order valence-electron chi connectivity index (χ3n) is 5.26. The van der Waals surface area contributed by atoms with Crippen LogP contribution in [0.3, 0.4) is 0 Å². The normalized spacial score (nSPS) is 12.2. The van der Waals surface area contributed by atoms with Gasteiger partial charge in [0.15, 0.2) is 5.76 Å². The van der Waals surface area contributed by atoms with Gasteiger partial charge in [-0.2, -0.15) is 0 Å². The number of imidazole rings is 1. The summed E-state index contributed by atoms with van der Waals surface area (Å²) in [5, 5.41) is 6.49. The Balaban J connectivity index is 1.48. The van der Waals surface area contributed by atoms with E-state index in [1.165, 1.54) is 0 Å². The quantitative estimate of drug-likeness (QED) is 0.353. The summed E-state index contributed by atoms with van der Waals surface area (Å²) >= 11 is 7.71. The van der Waals surface area contributed by atoms with Gasteiger partial charge in [0.1, 0.15) is 11.4 Å². The number of benzene rings is 1. The maximum atomic E-state index is 13.1. The number of amides is 1. The molecule has 0 radical (unpaired) electrons. The van der Waals surface area contributed by atoms with Crippen molar-refractivity contribution in [2.45, 2.75) is 12.5 Å². The van der Waals surface area contributed by atoms with Gasteiger partial charge in [0.05, 0.1) is 22.8 Å². The Bertz CT molecular complexity index is 1380. The van der Waals surface area contributed by atoms with Crippen molar-refractivity contribution < 1.29 is 9.21 Å². The lowest BCUT2D eigenvalue weighted by molar-refractivity contribution is 0.0908. The lowest BCUT2D eigenvalue weighted by Gasteiger charge is -2.18. The molecule has 1 unspecified atom stereocenters. The van der Waals surface area contributed by atoms with E-state index >= 15 is 0 Å². The Labute approximate surface area is 193 Å². The molecule has 0 saturated carbocycles. The van der Waals surface area contributed by atoms with E-state index in [-0.39, 0.29) is 11.7 Å². The maximum Gasteiger partial charge on any atom is 0.287 e. The van der Waals surface area contributed by atoms with Gasteiger partial charge in [-0.15, -0.1) is 11.3 Å². The minimum absolute atomic E-state index is 0.223. The summed E-state index contributed by atoms with van der Waals surface area (Å²) < 4.78 is 7.77. The third kappa shape index (κ3) is 4.04. The lowest BCUT2D eigenvalue weighted by atomic mass is 10.1. The minimum Gasteiger partial charge on any atom is -0.451 e. The van der Waals surface area contributed by atoms with Crippen LogP contribution in [-0.2, 0) is 13.5 Å². The number of carbonyl (C=O) groups is 1. The number of pyridine rings is 1. The van der Waals surface area contributed by atoms with E-state index in [1.54, 1.807) is 41.8 Å². The fraction of sp³-hybridized carbons (Fsp3) is 0.125. The Morgan fingerprint density at radius 1 is 1.19 bits per heavy atom. The van der Waals surface area contributed by atoms with E-state index in [9.17, 15) is 4.79 Å². The van der Waals surface area contributed by atoms with Crippen LogP contribution in [-0.4, -0.2) is 20.4 Å². The molecule has 1 amide bonds. The van der Waals surface area contributed by atoms with Crippen LogP contribution in [0.25, 0.3) is 21.5 Å². The topological polar surface area (TPSA) is 73.0 Å². The monoisotopic (exact) mass is 462 g/mol. The Kier molecular flexibility index (Phi) is 5.51. The second-order valence-electron chi connectivity index (χ2n) is 7.38. The number of fused-ring (bicyclic) bond motifs is 1. The number of aromatic nitrogens is 3. The van der Waals surface area contributed by atoms with Gasteiger partial charge in [-0.05, 0) is 47.8 Å². The average Bonchev–Trinajstić information content (AvgIpc) is 3.53. The predicted octanol–water partition coefficient (Wildman–Crippen LogP) is 5.66. The van der Waals surface area contributed by atoms with E-state index in [0.717, 1.165) is 27.5 Å². The molecule has 4 aromatic heterocycles. The maximum absolute atomic E-state index is 13.1. The van der Waals surface area contributed by atoms with Gasteiger partial charge in [0.2, 0.25) is 0 Å². The van der Waals surface area contributed by atoms with E-state index in [4.69, 9.17) is 16.0 Å². The molecule has 0 aliphatic carbocycles. The predicted molar refractivity (Wildman–Crippen MR) is 126 cm³/mol. The summed E-state index contributed by atoms with van der Waals surface area (Å²) in [7, 11) is 1.96. The number of thiophene rings is 1. The van der Waals surface area contributed by atoms with Crippen LogP contribution < -0.4 is 5.32 Å². The molecule has 8 heteroatoms.